The minimum absolute atomic E-state index is 0.102. The summed E-state index contributed by atoms with van der Waals surface area (Å²) in [6, 6.07) is 63.9. The quantitative estimate of drug-likeness (QED) is 0.122. The predicted molar refractivity (Wildman–Crippen MR) is 406 cm³/mol. The van der Waals surface area contributed by atoms with Gasteiger partial charge in [0.2, 0.25) is 0 Å². The van der Waals surface area contributed by atoms with Crippen LogP contribution in [-0.2, 0) is 21.7 Å². The van der Waals surface area contributed by atoms with Crippen molar-refractivity contribution >= 4 is 66.5 Å². The number of anilines is 4. The first-order valence-corrected chi connectivity index (χ1v) is 34.2. The van der Waals surface area contributed by atoms with Crippen LogP contribution in [0.3, 0.4) is 0 Å². The maximum Gasteiger partial charge on any atom is 0.145 e. The lowest BCUT2D eigenvalue weighted by Gasteiger charge is -2.40. The van der Waals surface area contributed by atoms with E-state index in [2.05, 4.69) is 283 Å². The van der Waals surface area contributed by atoms with E-state index >= 15 is 0 Å². The summed E-state index contributed by atoms with van der Waals surface area (Å²) in [5, 5.41) is 3.99. The molecule has 0 fully saturated rings. The minimum Gasteiger partial charge on any atom is -0.457 e. The summed E-state index contributed by atoms with van der Waals surface area (Å²) in [5.74, 6) is 0.0768. The number of nitrogens with zero attached hydrogens (tertiary/aromatic N) is 4. The number of para-hydroxylation sites is 4. The molecule has 6 heteroatoms. The molecule has 4 heterocycles. The second-order valence-corrected chi connectivity index (χ2v) is 32.4. The molecular formula is C89H98N4O2. The second-order valence-electron chi connectivity index (χ2n) is 32.4. The molecule has 0 aliphatic carbocycles. The van der Waals surface area contributed by atoms with Crippen LogP contribution in [0.2, 0.25) is 0 Å². The lowest BCUT2D eigenvalue weighted by atomic mass is 9.64. The zero-order chi connectivity index (χ0) is 70.5. The van der Waals surface area contributed by atoms with E-state index in [9.17, 15) is 4.11 Å². The fourth-order valence-electron chi connectivity index (χ4n) is 14.1. The Morgan fingerprint density at radius 3 is 1.71 bits per heavy atom. The van der Waals surface area contributed by atoms with Crippen LogP contribution in [0.25, 0.3) is 82.9 Å². The molecule has 9 aromatic carbocycles. The Bertz CT molecular complexity index is 5090. The molecule has 0 saturated heterocycles. The van der Waals surface area contributed by atoms with E-state index in [0.717, 1.165) is 111 Å². The van der Waals surface area contributed by atoms with Gasteiger partial charge in [0.1, 0.15) is 35.2 Å². The first-order chi connectivity index (χ1) is 45.8. The van der Waals surface area contributed by atoms with Gasteiger partial charge in [-0.05, 0) is 179 Å². The van der Waals surface area contributed by atoms with Crippen molar-refractivity contribution in [2.45, 2.75) is 185 Å². The molecule has 1 aliphatic rings. The second kappa shape index (κ2) is 23.5. The van der Waals surface area contributed by atoms with Crippen molar-refractivity contribution in [1.29, 1.82) is 0 Å². The molecule has 0 unspecified atom stereocenters. The average molecular weight is 1260 g/mol. The van der Waals surface area contributed by atoms with E-state index in [0.29, 0.717) is 29.9 Å². The van der Waals surface area contributed by atoms with Gasteiger partial charge in [-0.2, -0.15) is 0 Å². The molecule has 95 heavy (non-hydrogen) atoms. The maximum atomic E-state index is 9.76. The van der Waals surface area contributed by atoms with Crippen molar-refractivity contribution in [2.75, 3.05) is 16.5 Å². The maximum absolute atomic E-state index is 9.76. The van der Waals surface area contributed by atoms with Crippen LogP contribution >= 0.6 is 0 Å². The highest BCUT2D eigenvalue weighted by atomic mass is 16.5. The van der Waals surface area contributed by atoms with Crippen molar-refractivity contribution in [3.05, 3.63) is 227 Å². The molecule has 0 N–H and O–H groups in total. The van der Waals surface area contributed by atoms with E-state index in [1.54, 1.807) is 0 Å². The van der Waals surface area contributed by atoms with Crippen molar-refractivity contribution in [1.82, 2.24) is 9.55 Å². The van der Waals surface area contributed by atoms with Crippen molar-refractivity contribution in [3.63, 3.8) is 0 Å². The van der Waals surface area contributed by atoms with Crippen LogP contribution in [0.5, 0.6) is 11.5 Å². The molecule has 3 aromatic heterocycles. The number of aromatic nitrogens is 2. The van der Waals surface area contributed by atoms with Crippen LogP contribution in [0.1, 0.15) is 205 Å². The first-order valence-electron chi connectivity index (χ1n) is 35.7. The lowest BCUT2D eigenvalue weighted by Crippen LogP contribution is -2.34. The van der Waals surface area contributed by atoms with Crippen molar-refractivity contribution in [3.8, 4) is 50.7 Å². The molecule has 0 radical (unpaired) electrons. The van der Waals surface area contributed by atoms with Crippen LogP contribution in [0.4, 0.5) is 22.7 Å². The third kappa shape index (κ3) is 11.6. The number of ether oxygens (including phenoxy) is 1. The SMILES string of the molecule is [2H]c1nc(-n2c3cc(Oc4cc(-c5c(C([2H])(C)C)cccc5C([2H])(C)C)cc(N5CN(c6c(-c7cc(C(C)C)cc(C(C)(C)C)c7)cccc6-c6cc(C(C)(C)C)cc(C(C)(C)C)c6)c6ccccc65)c4)ccc3c3c4oc5ccccc5c4ccc32)cc(C(C)(C)C(C)(C)C)c1C. The molecule has 0 amide bonds. The van der Waals surface area contributed by atoms with Gasteiger partial charge in [0.05, 0.1) is 34.9 Å². The monoisotopic (exact) mass is 1260 g/mol. The van der Waals surface area contributed by atoms with Gasteiger partial charge in [-0.25, -0.2) is 4.98 Å². The third-order valence-electron chi connectivity index (χ3n) is 20.7. The summed E-state index contributed by atoms with van der Waals surface area (Å²) in [5.41, 5.74) is 21.8. The first kappa shape index (κ1) is 61.0. The fourth-order valence-corrected chi connectivity index (χ4v) is 14.1. The Kier molecular flexibility index (Phi) is 15.1. The van der Waals surface area contributed by atoms with E-state index in [1.165, 1.54) is 33.4 Å². The molecule has 12 aromatic rings. The largest absolute Gasteiger partial charge is 0.457 e. The zero-order valence-corrected chi connectivity index (χ0v) is 60.1. The highest BCUT2D eigenvalue weighted by Gasteiger charge is 2.37. The van der Waals surface area contributed by atoms with Crippen molar-refractivity contribution < 1.29 is 13.3 Å². The Morgan fingerprint density at radius 1 is 0.516 bits per heavy atom. The minimum atomic E-state index is -1.03. The Morgan fingerprint density at radius 2 is 1.09 bits per heavy atom. The standard InChI is InChI=1S/C89H98N4O2/c1-53(2)57-40-58(42-61(41-57)85(8,9)10)69-31-27-32-70(59-43-62(86(11,12)13)47-63(44-59)87(14,15)16)83(69)92-52-91(75-33-23-24-34-76(75)92)64-45-60(81-67(54(3)4)29-26-30-68(81)55(5)6)46-66(48-64)94-65-36-37-73-78(49-65)93(80-50-74(56(7)51-90-80)89(20,21)88(17,18)19)77-39-38-72-71-28-22-25-35-79(71)95-84(72)82(73)77/h22-51,53-55H,52H2,1-21H3/i51D,54D,55D. The Hall–Kier alpha value is -8.87. The highest BCUT2D eigenvalue weighted by molar-refractivity contribution is 6.24. The Labute approximate surface area is 570 Å². The summed E-state index contributed by atoms with van der Waals surface area (Å²) in [6.45, 7) is 47.0. The molecule has 0 atom stereocenters. The molecule has 1 aliphatic heterocycles. The summed E-state index contributed by atoms with van der Waals surface area (Å²) in [7, 11) is 0. The number of hydrogen-bond acceptors (Lipinski definition) is 5. The summed E-state index contributed by atoms with van der Waals surface area (Å²) in [6.07, 6.45) is 0.235. The van der Waals surface area contributed by atoms with Crippen LogP contribution < -0.4 is 14.5 Å². The number of rotatable bonds is 12. The summed E-state index contributed by atoms with van der Waals surface area (Å²) < 4.78 is 45.5. The fraction of sp³-hybridized carbons (Fsp3) is 0.337. The summed E-state index contributed by atoms with van der Waals surface area (Å²) in [4.78, 5) is 10.1. The van der Waals surface area contributed by atoms with E-state index in [-0.39, 0.29) is 33.2 Å². The van der Waals surface area contributed by atoms with Gasteiger partial charge >= 0.3 is 0 Å². The molecule has 0 spiro atoms. The predicted octanol–water partition coefficient (Wildman–Crippen LogP) is 26.0. The van der Waals surface area contributed by atoms with Gasteiger partial charge in [0, 0.05) is 54.0 Å². The number of hydrogen-bond donors (Lipinski definition) is 0. The number of pyridine rings is 1. The smallest absolute Gasteiger partial charge is 0.145 e. The van der Waals surface area contributed by atoms with Gasteiger partial charge < -0.3 is 19.0 Å². The molecule has 486 valence electrons. The number of fused-ring (bicyclic) bond motifs is 8. The van der Waals surface area contributed by atoms with Crippen LogP contribution in [0, 0.1) is 12.3 Å². The van der Waals surface area contributed by atoms with Gasteiger partial charge in [-0.1, -0.05) is 242 Å². The topological polar surface area (TPSA) is 46.7 Å². The number of benzene rings is 9. The van der Waals surface area contributed by atoms with Gasteiger partial charge in [-0.3, -0.25) is 4.57 Å². The van der Waals surface area contributed by atoms with E-state index in [4.69, 9.17) is 14.1 Å². The van der Waals surface area contributed by atoms with Gasteiger partial charge in [-0.15, -0.1) is 0 Å². The zero-order valence-electron chi connectivity index (χ0n) is 63.1. The molecular weight excluding hydrogens is 1160 g/mol. The molecule has 0 saturated carbocycles. The van der Waals surface area contributed by atoms with Crippen LogP contribution in [0.15, 0.2) is 187 Å². The van der Waals surface area contributed by atoms with Crippen LogP contribution in [-0.4, -0.2) is 16.2 Å². The number of furan rings is 1. The highest BCUT2D eigenvalue weighted by Crippen LogP contribution is 2.54. The molecule has 6 nitrogen and oxygen atoms in total. The normalized spacial score (nSPS) is 14.2. The lowest BCUT2D eigenvalue weighted by molar-refractivity contribution is 0.224. The average Bonchev–Trinajstić information content (AvgIpc) is 1.54. The summed E-state index contributed by atoms with van der Waals surface area (Å²) >= 11 is 0. The molecule has 13 rings (SSSR count). The third-order valence-corrected chi connectivity index (χ3v) is 20.7. The van der Waals surface area contributed by atoms with Gasteiger partial charge in [0.25, 0.3) is 0 Å². The van der Waals surface area contributed by atoms with Gasteiger partial charge in [0.15, 0.2) is 0 Å². The van der Waals surface area contributed by atoms with E-state index < -0.39 is 11.8 Å². The van der Waals surface area contributed by atoms with Crippen molar-refractivity contribution in [2.24, 2.45) is 5.41 Å². The van der Waals surface area contributed by atoms with E-state index in [1.807, 2.05) is 52.8 Å². The Balaban J connectivity index is 1.05. The molecule has 0 bridgehead atoms.